The normalized spacial score (nSPS) is 17.7. The van der Waals surface area contributed by atoms with Gasteiger partial charge >= 0.3 is 6.18 Å². The Bertz CT molecular complexity index is 1810. The number of likely N-dealkylation sites (tertiary alicyclic amines) is 2. The molecule has 4 heterocycles. The number of thiazole rings is 1. The van der Waals surface area contributed by atoms with Crippen LogP contribution in [-0.4, -0.2) is 69.6 Å². The van der Waals surface area contributed by atoms with Crippen LogP contribution in [0.1, 0.15) is 78.9 Å². The Hall–Kier alpha value is -4.51. The third-order valence-electron chi connectivity index (χ3n) is 9.59. The zero-order valence-electron chi connectivity index (χ0n) is 25.6. The summed E-state index contributed by atoms with van der Waals surface area (Å²) in [6.07, 6.45) is -1.56. The second kappa shape index (κ2) is 12.6. The lowest BCUT2D eigenvalue weighted by atomic mass is 9.94. The van der Waals surface area contributed by atoms with Gasteiger partial charge in [-0.1, -0.05) is 48.5 Å². The van der Waals surface area contributed by atoms with Gasteiger partial charge in [0.15, 0.2) is 0 Å². The molecule has 7 rings (SSSR count). The lowest BCUT2D eigenvalue weighted by Gasteiger charge is -2.36. The summed E-state index contributed by atoms with van der Waals surface area (Å²) in [6, 6.07) is 19.7. The number of rotatable bonds is 5. The van der Waals surface area contributed by atoms with Crippen LogP contribution in [0.2, 0.25) is 0 Å². The molecule has 242 valence electrons. The van der Waals surface area contributed by atoms with Crippen molar-refractivity contribution in [3.05, 3.63) is 111 Å². The average molecular weight is 659 g/mol. The predicted octanol–water partition coefficient (Wildman–Crippen LogP) is 7.11. The zero-order chi connectivity index (χ0) is 32.7. The van der Waals surface area contributed by atoms with E-state index in [-0.39, 0.29) is 29.7 Å². The standard InChI is InChI=1S/C36H33F3N4O3S/c37-36(38,39)26-11-9-23(10-12-26)28-6-3-4-8-30(28)33(44)41-17-13-24(14-18-41)32-40-31(22-47-32)35(46)42-19-15-27(16-20-42)43-21-25-5-1-2-7-29(25)34(43)45/h1-12,22,24,27H,13-21H2. The fourth-order valence-corrected chi connectivity index (χ4v) is 7.91. The molecule has 0 bridgehead atoms. The van der Waals surface area contributed by atoms with Gasteiger partial charge in [-0.2, -0.15) is 13.2 Å². The minimum Gasteiger partial charge on any atom is -0.339 e. The highest BCUT2D eigenvalue weighted by Gasteiger charge is 2.36. The molecule has 11 heteroatoms. The molecule has 3 aliphatic heterocycles. The molecule has 0 aliphatic carbocycles. The van der Waals surface area contributed by atoms with E-state index < -0.39 is 11.7 Å². The fourth-order valence-electron chi connectivity index (χ4n) is 6.95. The highest BCUT2D eigenvalue weighted by molar-refractivity contribution is 7.09. The molecular formula is C36H33F3N4O3S. The number of halogens is 3. The number of carbonyl (C=O) groups is 3. The Morgan fingerprint density at radius 2 is 1.38 bits per heavy atom. The number of amides is 3. The van der Waals surface area contributed by atoms with Gasteiger partial charge in [-0.15, -0.1) is 11.3 Å². The third kappa shape index (κ3) is 6.16. The Labute approximate surface area is 274 Å². The number of aromatic nitrogens is 1. The van der Waals surface area contributed by atoms with E-state index in [0.29, 0.717) is 67.9 Å². The topological polar surface area (TPSA) is 73.8 Å². The van der Waals surface area contributed by atoms with Crippen molar-refractivity contribution in [2.75, 3.05) is 26.2 Å². The summed E-state index contributed by atoms with van der Waals surface area (Å²) in [5, 5.41) is 2.71. The van der Waals surface area contributed by atoms with Crippen LogP contribution in [-0.2, 0) is 12.7 Å². The van der Waals surface area contributed by atoms with Crippen molar-refractivity contribution >= 4 is 29.1 Å². The first kappa shape index (κ1) is 31.1. The molecular weight excluding hydrogens is 625 g/mol. The van der Waals surface area contributed by atoms with Crippen LogP contribution in [0.5, 0.6) is 0 Å². The lowest BCUT2D eigenvalue weighted by Crippen LogP contribution is -2.46. The number of nitrogens with zero attached hydrogens (tertiary/aromatic N) is 4. The summed E-state index contributed by atoms with van der Waals surface area (Å²) >= 11 is 1.48. The van der Waals surface area contributed by atoms with Crippen LogP contribution in [0.3, 0.4) is 0 Å². The van der Waals surface area contributed by atoms with Crippen molar-refractivity contribution in [1.29, 1.82) is 0 Å². The molecule has 0 spiro atoms. The quantitative estimate of drug-likeness (QED) is 0.229. The van der Waals surface area contributed by atoms with E-state index in [4.69, 9.17) is 4.98 Å². The van der Waals surface area contributed by atoms with Gasteiger partial charge in [0.1, 0.15) is 5.69 Å². The molecule has 0 radical (unpaired) electrons. The van der Waals surface area contributed by atoms with Gasteiger partial charge in [0.05, 0.1) is 10.6 Å². The van der Waals surface area contributed by atoms with Crippen molar-refractivity contribution in [2.45, 2.75) is 50.4 Å². The summed E-state index contributed by atoms with van der Waals surface area (Å²) in [6.45, 7) is 2.80. The van der Waals surface area contributed by atoms with E-state index in [1.54, 1.807) is 29.2 Å². The molecule has 3 aromatic carbocycles. The number of hydrogen-bond donors (Lipinski definition) is 0. The van der Waals surface area contributed by atoms with Crippen LogP contribution in [0.25, 0.3) is 11.1 Å². The van der Waals surface area contributed by atoms with Gasteiger partial charge in [0.2, 0.25) is 0 Å². The Morgan fingerprint density at radius 3 is 2.06 bits per heavy atom. The van der Waals surface area contributed by atoms with Gasteiger partial charge in [-0.05, 0) is 66.6 Å². The zero-order valence-corrected chi connectivity index (χ0v) is 26.4. The second-order valence-corrected chi connectivity index (χ2v) is 13.3. The first-order chi connectivity index (χ1) is 22.7. The number of carbonyl (C=O) groups excluding carboxylic acids is 3. The van der Waals surface area contributed by atoms with Crippen molar-refractivity contribution < 1.29 is 27.6 Å². The van der Waals surface area contributed by atoms with Gasteiger partial charge in [0, 0.05) is 61.2 Å². The molecule has 3 aliphatic rings. The molecule has 3 amide bonds. The largest absolute Gasteiger partial charge is 0.416 e. The van der Waals surface area contributed by atoms with E-state index in [1.807, 2.05) is 39.4 Å². The van der Waals surface area contributed by atoms with Crippen LogP contribution < -0.4 is 0 Å². The highest BCUT2D eigenvalue weighted by atomic mass is 32.1. The van der Waals surface area contributed by atoms with E-state index in [0.717, 1.165) is 41.1 Å². The number of hydrogen-bond acceptors (Lipinski definition) is 5. The first-order valence-electron chi connectivity index (χ1n) is 15.9. The molecule has 0 saturated carbocycles. The Balaban J connectivity index is 0.939. The summed E-state index contributed by atoms with van der Waals surface area (Å²) in [4.78, 5) is 50.1. The molecule has 2 saturated heterocycles. The maximum atomic E-state index is 13.6. The van der Waals surface area contributed by atoms with Crippen molar-refractivity contribution in [3.63, 3.8) is 0 Å². The van der Waals surface area contributed by atoms with Gasteiger partial charge < -0.3 is 14.7 Å². The van der Waals surface area contributed by atoms with E-state index in [2.05, 4.69) is 0 Å². The number of fused-ring (bicyclic) bond motifs is 1. The van der Waals surface area contributed by atoms with Crippen molar-refractivity contribution in [3.8, 4) is 11.1 Å². The van der Waals surface area contributed by atoms with Crippen molar-refractivity contribution in [1.82, 2.24) is 19.7 Å². The molecule has 7 nitrogen and oxygen atoms in total. The summed E-state index contributed by atoms with van der Waals surface area (Å²) in [7, 11) is 0. The van der Waals surface area contributed by atoms with E-state index in [1.165, 1.54) is 23.5 Å². The van der Waals surface area contributed by atoms with Crippen molar-refractivity contribution in [2.24, 2.45) is 0 Å². The van der Waals surface area contributed by atoms with Gasteiger partial charge in [-0.3, -0.25) is 14.4 Å². The number of alkyl halides is 3. The first-order valence-corrected chi connectivity index (χ1v) is 16.7. The van der Waals surface area contributed by atoms with E-state index >= 15 is 0 Å². The summed E-state index contributed by atoms with van der Waals surface area (Å²) in [5.41, 5.74) is 3.15. The van der Waals surface area contributed by atoms with Crippen LogP contribution in [0.4, 0.5) is 13.2 Å². The Kier molecular flexibility index (Phi) is 8.34. The maximum absolute atomic E-state index is 13.6. The minimum absolute atomic E-state index is 0.0747. The Morgan fingerprint density at radius 1 is 0.766 bits per heavy atom. The average Bonchev–Trinajstić information content (AvgIpc) is 3.73. The van der Waals surface area contributed by atoms with Gasteiger partial charge in [0.25, 0.3) is 17.7 Å². The molecule has 0 N–H and O–H groups in total. The molecule has 0 unspecified atom stereocenters. The summed E-state index contributed by atoms with van der Waals surface area (Å²) < 4.78 is 39.2. The smallest absolute Gasteiger partial charge is 0.339 e. The monoisotopic (exact) mass is 658 g/mol. The van der Waals surface area contributed by atoms with E-state index in [9.17, 15) is 27.6 Å². The molecule has 2 fully saturated rings. The molecule has 47 heavy (non-hydrogen) atoms. The molecule has 4 aromatic rings. The number of piperidine rings is 2. The molecule has 0 atom stereocenters. The fraction of sp³-hybridized carbons (Fsp3) is 0.333. The van der Waals surface area contributed by atoms with Crippen LogP contribution >= 0.6 is 11.3 Å². The number of benzene rings is 3. The predicted molar refractivity (Wildman–Crippen MR) is 172 cm³/mol. The highest BCUT2D eigenvalue weighted by Crippen LogP contribution is 2.35. The third-order valence-corrected chi connectivity index (χ3v) is 10.6. The summed E-state index contributed by atoms with van der Waals surface area (Å²) in [5.74, 6) is -0.0405. The van der Waals surface area contributed by atoms with Gasteiger partial charge in [-0.25, -0.2) is 4.98 Å². The molecule has 1 aromatic heterocycles. The van der Waals surface area contributed by atoms with Crippen LogP contribution in [0.15, 0.2) is 78.2 Å². The SMILES string of the molecule is O=C(c1csc(C2CCN(C(=O)c3ccccc3-c3ccc(C(F)(F)F)cc3)CC2)n1)N1CCC(N2Cc3ccccc3C2=O)CC1. The van der Waals surface area contributed by atoms with Crippen LogP contribution in [0, 0.1) is 0 Å². The maximum Gasteiger partial charge on any atom is 0.416 e. The second-order valence-electron chi connectivity index (χ2n) is 12.4. The minimum atomic E-state index is -4.43. The lowest BCUT2D eigenvalue weighted by molar-refractivity contribution is -0.137.